The molecule has 0 saturated carbocycles. The van der Waals surface area contributed by atoms with E-state index in [0.717, 1.165) is 5.25 Å². The van der Waals surface area contributed by atoms with E-state index in [-0.39, 0.29) is 0 Å². The van der Waals surface area contributed by atoms with Crippen LogP contribution in [0, 0.1) is 0 Å². The zero-order chi connectivity index (χ0) is 11.6. The number of rotatable bonds is 8. The molecule has 2 N–H and O–H groups in total. The smallest absolute Gasteiger partial charge is 0.00716 e. The van der Waals surface area contributed by atoms with Gasteiger partial charge in [-0.05, 0) is 39.3 Å². The van der Waals surface area contributed by atoms with E-state index in [1.807, 2.05) is 0 Å². The first-order valence-electron chi connectivity index (χ1n) is 6.88. The molecule has 0 aromatic rings. The fourth-order valence-corrected chi connectivity index (χ4v) is 3.24. The van der Waals surface area contributed by atoms with E-state index in [1.165, 1.54) is 57.5 Å². The van der Waals surface area contributed by atoms with Crippen molar-refractivity contribution in [2.24, 2.45) is 0 Å². The number of piperidine rings is 1. The minimum atomic E-state index is 0.702. The lowest BCUT2D eigenvalue weighted by molar-refractivity contribution is 0.509. The Morgan fingerprint density at radius 3 is 2.81 bits per heavy atom. The first-order valence-corrected chi connectivity index (χ1v) is 7.93. The van der Waals surface area contributed by atoms with Crippen LogP contribution in [0.5, 0.6) is 0 Å². The molecular weight excluding hydrogens is 216 g/mol. The number of hydrogen-bond donors (Lipinski definition) is 2. The number of thioether (sulfide) groups is 1. The van der Waals surface area contributed by atoms with Crippen LogP contribution in [0.2, 0.25) is 0 Å². The summed E-state index contributed by atoms with van der Waals surface area (Å²) in [7, 11) is 0. The predicted octanol–water partition coefficient (Wildman–Crippen LogP) is 2.64. The Morgan fingerprint density at radius 1 is 1.38 bits per heavy atom. The van der Waals surface area contributed by atoms with Gasteiger partial charge in [0.1, 0.15) is 0 Å². The second-order valence-electron chi connectivity index (χ2n) is 4.82. The molecule has 1 unspecified atom stereocenters. The third kappa shape index (κ3) is 6.77. The van der Waals surface area contributed by atoms with Gasteiger partial charge in [0.05, 0.1) is 0 Å². The molecule has 0 aromatic carbocycles. The van der Waals surface area contributed by atoms with Crippen molar-refractivity contribution in [1.82, 2.24) is 10.6 Å². The van der Waals surface area contributed by atoms with Gasteiger partial charge in [-0.15, -0.1) is 0 Å². The molecule has 0 bridgehead atoms. The predicted molar refractivity (Wildman–Crippen MR) is 75.3 cm³/mol. The molecule has 16 heavy (non-hydrogen) atoms. The Balaban J connectivity index is 1.90. The highest BCUT2D eigenvalue weighted by Gasteiger charge is 2.12. The van der Waals surface area contributed by atoms with Crippen LogP contribution >= 0.6 is 11.8 Å². The van der Waals surface area contributed by atoms with Gasteiger partial charge in [-0.1, -0.05) is 19.8 Å². The molecule has 0 radical (unpaired) electrons. The monoisotopic (exact) mass is 244 g/mol. The molecule has 1 heterocycles. The first kappa shape index (κ1) is 14.3. The van der Waals surface area contributed by atoms with Gasteiger partial charge in [-0.25, -0.2) is 0 Å². The van der Waals surface area contributed by atoms with Gasteiger partial charge >= 0.3 is 0 Å². The van der Waals surface area contributed by atoms with Crippen molar-refractivity contribution in [3.05, 3.63) is 0 Å². The average molecular weight is 244 g/mol. The van der Waals surface area contributed by atoms with E-state index in [9.17, 15) is 0 Å². The second-order valence-corrected chi connectivity index (χ2v) is 6.23. The maximum absolute atomic E-state index is 3.62. The van der Waals surface area contributed by atoms with Crippen LogP contribution in [0.15, 0.2) is 0 Å². The quantitative estimate of drug-likeness (QED) is 0.642. The summed E-state index contributed by atoms with van der Waals surface area (Å²) in [6.07, 6.45) is 6.71. The standard InChI is InChI=1S/C13H28N2S/c1-3-4-5-12(2)15-10-11-16-13-6-8-14-9-7-13/h12-15H,3-11H2,1-2H3. The zero-order valence-corrected chi connectivity index (χ0v) is 11.7. The summed E-state index contributed by atoms with van der Waals surface area (Å²) in [5.41, 5.74) is 0. The molecule has 0 amide bonds. The summed E-state index contributed by atoms with van der Waals surface area (Å²) in [6, 6.07) is 0.702. The van der Waals surface area contributed by atoms with Gasteiger partial charge in [-0.2, -0.15) is 11.8 Å². The molecule has 1 atom stereocenters. The van der Waals surface area contributed by atoms with E-state index in [2.05, 4.69) is 36.2 Å². The lowest BCUT2D eigenvalue weighted by Crippen LogP contribution is -2.31. The van der Waals surface area contributed by atoms with Gasteiger partial charge < -0.3 is 10.6 Å². The van der Waals surface area contributed by atoms with Crippen molar-refractivity contribution < 1.29 is 0 Å². The summed E-state index contributed by atoms with van der Waals surface area (Å²) < 4.78 is 0. The minimum Gasteiger partial charge on any atom is -0.317 e. The normalized spacial score (nSPS) is 19.9. The highest BCUT2D eigenvalue weighted by molar-refractivity contribution is 7.99. The number of unbranched alkanes of at least 4 members (excludes halogenated alkanes) is 1. The van der Waals surface area contributed by atoms with Crippen LogP contribution in [-0.2, 0) is 0 Å². The molecule has 0 aromatic heterocycles. The van der Waals surface area contributed by atoms with Crippen LogP contribution < -0.4 is 10.6 Å². The van der Waals surface area contributed by atoms with Crippen molar-refractivity contribution >= 4 is 11.8 Å². The second kappa shape index (κ2) is 9.32. The third-order valence-electron chi connectivity index (χ3n) is 3.23. The Hall–Kier alpha value is 0.270. The molecule has 0 spiro atoms. The maximum Gasteiger partial charge on any atom is 0.00716 e. The topological polar surface area (TPSA) is 24.1 Å². The third-order valence-corrected chi connectivity index (χ3v) is 4.61. The van der Waals surface area contributed by atoms with E-state index in [4.69, 9.17) is 0 Å². The van der Waals surface area contributed by atoms with Crippen molar-refractivity contribution in [2.45, 2.75) is 57.2 Å². The largest absolute Gasteiger partial charge is 0.317 e. The SMILES string of the molecule is CCCCC(C)NCCSC1CCNCC1. The summed E-state index contributed by atoms with van der Waals surface area (Å²) in [4.78, 5) is 0. The van der Waals surface area contributed by atoms with Crippen molar-refractivity contribution in [3.63, 3.8) is 0 Å². The summed E-state index contributed by atoms with van der Waals surface area (Å²) in [5, 5.41) is 7.95. The van der Waals surface area contributed by atoms with Crippen LogP contribution in [-0.4, -0.2) is 36.7 Å². The summed E-state index contributed by atoms with van der Waals surface area (Å²) in [6.45, 7) is 8.19. The summed E-state index contributed by atoms with van der Waals surface area (Å²) in [5.74, 6) is 1.28. The number of nitrogens with one attached hydrogen (secondary N) is 2. The number of hydrogen-bond acceptors (Lipinski definition) is 3. The van der Waals surface area contributed by atoms with Gasteiger partial charge in [0.25, 0.3) is 0 Å². The van der Waals surface area contributed by atoms with E-state index >= 15 is 0 Å². The summed E-state index contributed by atoms with van der Waals surface area (Å²) >= 11 is 2.16. The highest BCUT2D eigenvalue weighted by Crippen LogP contribution is 2.19. The fraction of sp³-hybridized carbons (Fsp3) is 1.00. The molecule has 1 saturated heterocycles. The van der Waals surface area contributed by atoms with Gasteiger partial charge in [0.2, 0.25) is 0 Å². The maximum atomic E-state index is 3.62. The van der Waals surface area contributed by atoms with E-state index in [0.29, 0.717) is 6.04 Å². The molecule has 96 valence electrons. The fourth-order valence-electron chi connectivity index (χ4n) is 2.11. The highest BCUT2D eigenvalue weighted by atomic mass is 32.2. The molecule has 1 fully saturated rings. The Kier molecular flexibility index (Phi) is 8.34. The lowest BCUT2D eigenvalue weighted by atomic mass is 10.1. The molecule has 0 aliphatic carbocycles. The van der Waals surface area contributed by atoms with Crippen LogP contribution in [0.25, 0.3) is 0 Å². The average Bonchev–Trinajstić information content (AvgIpc) is 2.33. The van der Waals surface area contributed by atoms with Crippen molar-refractivity contribution in [2.75, 3.05) is 25.4 Å². The Bertz CT molecular complexity index is 158. The van der Waals surface area contributed by atoms with Crippen molar-refractivity contribution in [1.29, 1.82) is 0 Å². The Labute approximate surface area is 105 Å². The van der Waals surface area contributed by atoms with Crippen LogP contribution in [0.1, 0.15) is 46.0 Å². The van der Waals surface area contributed by atoms with Gasteiger partial charge in [-0.3, -0.25) is 0 Å². The van der Waals surface area contributed by atoms with Crippen LogP contribution in [0.4, 0.5) is 0 Å². The first-order chi connectivity index (χ1) is 7.83. The molecule has 1 aliphatic heterocycles. The Morgan fingerprint density at radius 2 is 2.12 bits per heavy atom. The molecule has 2 nitrogen and oxygen atoms in total. The molecule has 1 rings (SSSR count). The van der Waals surface area contributed by atoms with Gasteiger partial charge in [0.15, 0.2) is 0 Å². The molecule has 3 heteroatoms. The lowest BCUT2D eigenvalue weighted by Gasteiger charge is -2.22. The van der Waals surface area contributed by atoms with E-state index < -0.39 is 0 Å². The van der Waals surface area contributed by atoms with Crippen LogP contribution in [0.3, 0.4) is 0 Å². The van der Waals surface area contributed by atoms with Gasteiger partial charge in [0, 0.05) is 23.6 Å². The van der Waals surface area contributed by atoms with Crippen molar-refractivity contribution in [3.8, 4) is 0 Å². The minimum absolute atomic E-state index is 0.702. The van der Waals surface area contributed by atoms with E-state index in [1.54, 1.807) is 0 Å². The molecular formula is C13H28N2S. The molecule has 1 aliphatic rings. The zero-order valence-electron chi connectivity index (χ0n) is 10.9.